The fourth-order valence-corrected chi connectivity index (χ4v) is 0.811. The van der Waals surface area contributed by atoms with Crippen molar-refractivity contribution >= 4 is 0 Å². The van der Waals surface area contributed by atoms with E-state index in [2.05, 4.69) is 0 Å². The monoisotopic (exact) mass is 134 g/mol. The normalized spacial score (nSPS) is 25.7. The summed E-state index contributed by atoms with van der Waals surface area (Å²) in [5.74, 6) is 0. The lowest BCUT2D eigenvalue weighted by molar-refractivity contribution is 0.0680. The minimum atomic E-state index is -1.52. The van der Waals surface area contributed by atoms with Gasteiger partial charge in [-0.15, -0.1) is 0 Å². The lowest BCUT2D eigenvalue weighted by Crippen LogP contribution is -2.23. The van der Waals surface area contributed by atoms with E-state index >= 15 is 0 Å². The third kappa shape index (κ3) is 1.27. The quantitative estimate of drug-likeness (QED) is 0.532. The van der Waals surface area contributed by atoms with Crippen LogP contribution in [0.1, 0.15) is 12.8 Å². The van der Waals surface area contributed by atoms with Gasteiger partial charge in [-0.25, -0.2) is 0 Å². The number of methoxy groups -OCH3 is 1. The smallest absolute Gasteiger partial charge is 0.269 e. The molecule has 0 aromatic rings. The molecule has 1 aliphatic rings. The van der Waals surface area contributed by atoms with E-state index in [1.807, 2.05) is 0 Å². The molecule has 0 aliphatic heterocycles. The van der Waals surface area contributed by atoms with E-state index in [9.17, 15) is 8.78 Å². The number of ether oxygens (including phenoxy) is 1. The van der Waals surface area contributed by atoms with Gasteiger partial charge in [0.2, 0.25) is 0 Å². The van der Waals surface area contributed by atoms with Crippen LogP contribution in [-0.4, -0.2) is 13.2 Å². The molecule has 1 saturated carbocycles. The summed E-state index contributed by atoms with van der Waals surface area (Å²) in [5.41, 5.74) is 0.252. The van der Waals surface area contributed by atoms with E-state index in [0.717, 1.165) is 0 Å². The first-order valence-electron chi connectivity index (χ1n) is 2.80. The Kier molecular flexibility index (Phi) is 1.81. The zero-order valence-corrected chi connectivity index (χ0v) is 5.16. The zero-order valence-electron chi connectivity index (χ0n) is 5.16. The van der Waals surface area contributed by atoms with Gasteiger partial charge in [-0.1, -0.05) is 0 Å². The van der Waals surface area contributed by atoms with Crippen LogP contribution in [0.5, 0.6) is 0 Å². The summed E-state index contributed by atoms with van der Waals surface area (Å²) >= 11 is 0. The minimum absolute atomic E-state index is 0.0431. The molecule has 0 N–H and O–H groups in total. The summed E-state index contributed by atoms with van der Waals surface area (Å²) in [5, 5.41) is 0. The molecule has 1 aliphatic carbocycles. The molecule has 1 fully saturated rings. The fourth-order valence-electron chi connectivity index (χ4n) is 0.811. The van der Waals surface area contributed by atoms with Crippen molar-refractivity contribution in [3.05, 3.63) is 11.7 Å². The first-order chi connectivity index (χ1) is 4.24. The predicted octanol–water partition coefficient (Wildman–Crippen LogP) is 1.95. The molecule has 1 nitrogen and oxygen atoms in total. The maximum absolute atomic E-state index is 11.6. The third-order valence-corrected chi connectivity index (χ3v) is 1.55. The van der Waals surface area contributed by atoms with Crippen molar-refractivity contribution in [2.45, 2.75) is 18.9 Å². The van der Waals surface area contributed by atoms with E-state index in [-0.39, 0.29) is 11.7 Å². The van der Waals surface area contributed by atoms with E-state index < -0.39 is 6.08 Å². The summed E-state index contributed by atoms with van der Waals surface area (Å²) in [7, 11) is 1.54. The van der Waals surface area contributed by atoms with Crippen molar-refractivity contribution in [1.82, 2.24) is 0 Å². The highest BCUT2D eigenvalue weighted by molar-refractivity contribution is 5.14. The van der Waals surface area contributed by atoms with Crippen LogP contribution in [0.3, 0.4) is 0 Å². The topological polar surface area (TPSA) is 9.23 Å². The van der Waals surface area contributed by atoms with Crippen LogP contribution in [0.4, 0.5) is 8.78 Å². The SMILES string of the molecule is COC1CC(=C(F)F)C1. The first kappa shape index (κ1) is 6.68. The highest BCUT2D eigenvalue weighted by atomic mass is 19.3. The van der Waals surface area contributed by atoms with Crippen LogP contribution < -0.4 is 0 Å². The Labute approximate surface area is 52.3 Å². The maximum Gasteiger partial charge on any atom is 0.269 e. The molecule has 0 atom stereocenters. The Morgan fingerprint density at radius 2 is 2.11 bits per heavy atom. The Bertz CT molecular complexity index is 130. The van der Waals surface area contributed by atoms with E-state index in [1.54, 1.807) is 0 Å². The van der Waals surface area contributed by atoms with Crippen molar-refractivity contribution in [1.29, 1.82) is 0 Å². The number of hydrogen-bond acceptors (Lipinski definition) is 1. The van der Waals surface area contributed by atoms with E-state index in [4.69, 9.17) is 4.74 Å². The van der Waals surface area contributed by atoms with Crippen LogP contribution in [0, 0.1) is 0 Å². The van der Waals surface area contributed by atoms with Gasteiger partial charge in [-0.2, -0.15) is 8.78 Å². The number of halogens is 2. The molecule has 9 heavy (non-hydrogen) atoms. The van der Waals surface area contributed by atoms with Gasteiger partial charge in [-0.05, 0) is 0 Å². The molecule has 0 aromatic carbocycles. The summed E-state index contributed by atoms with van der Waals surface area (Å²) in [6.45, 7) is 0. The van der Waals surface area contributed by atoms with E-state index in [0.29, 0.717) is 12.8 Å². The molecule has 3 heteroatoms. The van der Waals surface area contributed by atoms with Crippen LogP contribution in [0.15, 0.2) is 11.7 Å². The molecule has 0 heterocycles. The first-order valence-corrected chi connectivity index (χ1v) is 2.80. The third-order valence-electron chi connectivity index (χ3n) is 1.55. The highest BCUT2D eigenvalue weighted by Crippen LogP contribution is 2.32. The molecule has 0 amide bonds. The van der Waals surface area contributed by atoms with Crippen LogP contribution in [0.25, 0.3) is 0 Å². The lowest BCUT2D eigenvalue weighted by Gasteiger charge is -2.26. The van der Waals surface area contributed by atoms with Crippen molar-refractivity contribution in [3.63, 3.8) is 0 Å². The molecule has 1 rings (SSSR count). The molecular weight excluding hydrogens is 126 g/mol. The molecule has 0 aromatic heterocycles. The van der Waals surface area contributed by atoms with Crippen molar-refractivity contribution in [2.24, 2.45) is 0 Å². The van der Waals surface area contributed by atoms with Gasteiger partial charge in [-0.3, -0.25) is 0 Å². The molecule has 0 radical (unpaired) electrons. The van der Waals surface area contributed by atoms with Crippen LogP contribution in [0.2, 0.25) is 0 Å². The fraction of sp³-hybridized carbons (Fsp3) is 0.667. The predicted molar refractivity (Wildman–Crippen MR) is 29.3 cm³/mol. The Morgan fingerprint density at radius 1 is 1.56 bits per heavy atom. The van der Waals surface area contributed by atoms with Crippen molar-refractivity contribution < 1.29 is 13.5 Å². The van der Waals surface area contributed by atoms with Crippen LogP contribution in [-0.2, 0) is 4.74 Å². The van der Waals surface area contributed by atoms with Gasteiger partial charge >= 0.3 is 0 Å². The molecular formula is C6H8F2O. The summed E-state index contributed by atoms with van der Waals surface area (Å²) < 4.78 is 28.0. The van der Waals surface area contributed by atoms with Gasteiger partial charge in [0, 0.05) is 25.5 Å². The molecule has 0 unspecified atom stereocenters. The van der Waals surface area contributed by atoms with Gasteiger partial charge in [0.05, 0.1) is 6.10 Å². The van der Waals surface area contributed by atoms with Crippen molar-refractivity contribution in [2.75, 3.05) is 7.11 Å². The number of hydrogen-bond donors (Lipinski definition) is 0. The largest absolute Gasteiger partial charge is 0.381 e. The van der Waals surface area contributed by atoms with Gasteiger partial charge in [0.15, 0.2) is 0 Å². The second-order valence-electron chi connectivity index (χ2n) is 2.13. The van der Waals surface area contributed by atoms with Gasteiger partial charge in [0.25, 0.3) is 6.08 Å². The lowest BCUT2D eigenvalue weighted by atomic mass is 9.90. The second kappa shape index (κ2) is 2.43. The second-order valence-corrected chi connectivity index (χ2v) is 2.13. The Hall–Kier alpha value is -0.440. The average Bonchev–Trinajstić information content (AvgIpc) is 1.61. The van der Waals surface area contributed by atoms with E-state index in [1.165, 1.54) is 7.11 Å². The maximum atomic E-state index is 11.6. The molecule has 0 spiro atoms. The van der Waals surface area contributed by atoms with Gasteiger partial charge in [0.1, 0.15) is 0 Å². The zero-order chi connectivity index (χ0) is 6.85. The molecule has 52 valence electrons. The number of rotatable bonds is 1. The molecule has 0 saturated heterocycles. The Morgan fingerprint density at radius 3 is 2.44 bits per heavy atom. The summed E-state index contributed by atoms with van der Waals surface area (Å²) in [4.78, 5) is 0. The summed E-state index contributed by atoms with van der Waals surface area (Å²) in [6, 6.07) is 0. The van der Waals surface area contributed by atoms with Crippen molar-refractivity contribution in [3.8, 4) is 0 Å². The van der Waals surface area contributed by atoms with Crippen LogP contribution >= 0.6 is 0 Å². The minimum Gasteiger partial charge on any atom is -0.381 e. The molecule has 0 bridgehead atoms. The Balaban J connectivity index is 2.35. The highest BCUT2D eigenvalue weighted by Gasteiger charge is 2.26. The average molecular weight is 134 g/mol. The van der Waals surface area contributed by atoms with Gasteiger partial charge < -0.3 is 4.74 Å². The standard InChI is InChI=1S/C6H8F2O/c1-9-5-2-4(3-5)6(7)8/h5H,2-3H2,1H3. The summed E-state index contributed by atoms with van der Waals surface area (Å²) in [6.07, 6.45) is -0.651.